The topological polar surface area (TPSA) is 34.5 Å². The number of aryl methyl sites for hydroxylation is 1. The van der Waals surface area contributed by atoms with Crippen LogP contribution >= 0.6 is 0 Å². The summed E-state index contributed by atoms with van der Waals surface area (Å²) in [5.74, 6) is 0.296. The Morgan fingerprint density at radius 1 is 1.38 bits per heavy atom. The molecule has 0 aromatic carbocycles. The molecule has 1 fully saturated rings. The second-order valence-electron chi connectivity index (χ2n) is 7.45. The van der Waals surface area contributed by atoms with Crippen LogP contribution < -0.4 is 0 Å². The monoisotopic (exact) mass is 290 g/mol. The van der Waals surface area contributed by atoms with Crippen molar-refractivity contribution in [2.75, 3.05) is 26.7 Å². The van der Waals surface area contributed by atoms with Gasteiger partial charge in [0.05, 0.1) is 19.3 Å². The van der Waals surface area contributed by atoms with E-state index < -0.39 is 0 Å². The number of nitrogens with zero attached hydrogens (tertiary/aromatic N) is 2. The molecular formula is C17H26N2O2. The van der Waals surface area contributed by atoms with Gasteiger partial charge in [-0.15, -0.1) is 0 Å². The van der Waals surface area contributed by atoms with E-state index >= 15 is 0 Å². The SMILES string of the molecule is Cc1cc2c(n1CC1CN(C)CCO1)CC(C)(C)CC2=O. The molecule has 116 valence electrons. The van der Waals surface area contributed by atoms with Gasteiger partial charge >= 0.3 is 0 Å². The maximum Gasteiger partial charge on any atom is 0.165 e. The first-order valence-electron chi connectivity index (χ1n) is 7.88. The number of carbonyl (C=O) groups excluding carboxylic acids is 1. The molecule has 3 rings (SSSR count). The van der Waals surface area contributed by atoms with Crippen molar-refractivity contribution >= 4 is 5.78 Å². The van der Waals surface area contributed by atoms with Gasteiger partial charge in [0.2, 0.25) is 0 Å². The fourth-order valence-corrected chi connectivity index (χ4v) is 3.64. The summed E-state index contributed by atoms with van der Waals surface area (Å²) in [5, 5.41) is 0. The standard InChI is InChI=1S/C17H26N2O2/c1-12-7-14-15(8-17(2,3)9-16(14)20)19(12)11-13-10-18(4)5-6-21-13/h7,13H,5-6,8-11H2,1-4H3. The van der Waals surface area contributed by atoms with Crippen molar-refractivity contribution in [3.8, 4) is 0 Å². The van der Waals surface area contributed by atoms with Crippen LogP contribution in [0.5, 0.6) is 0 Å². The molecule has 0 radical (unpaired) electrons. The van der Waals surface area contributed by atoms with E-state index in [4.69, 9.17) is 4.74 Å². The highest BCUT2D eigenvalue weighted by Gasteiger charge is 2.34. The Bertz CT molecular complexity index is 559. The van der Waals surface area contributed by atoms with Gasteiger partial charge in [-0.25, -0.2) is 0 Å². The maximum atomic E-state index is 12.4. The van der Waals surface area contributed by atoms with E-state index in [9.17, 15) is 4.79 Å². The number of ketones is 1. The molecule has 0 saturated carbocycles. The Morgan fingerprint density at radius 3 is 2.86 bits per heavy atom. The quantitative estimate of drug-likeness (QED) is 0.838. The summed E-state index contributed by atoms with van der Waals surface area (Å²) in [6, 6.07) is 2.07. The van der Waals surface area contributed by atoms with Crippen molar-refractivity contribution in [2.24, 2.45) is 5.41 Å². The first-order valence-corrected chi connectivity index (χ1v) is 7.88. The predicted molar refractivity (Wildman–Crippen MR) is 82.8 cm³/mol. The number of rotatable bonds is 2. The first-order chi connectivity index (χ1) is 9.85. The molecule has 2 aliphatic rings. The minimum Gasteiger partial charge on any atom is -0.374 e. The summed E-state index contributed by atoms with van der Waals surface area (Å²) in [7, 11) is 2.14. The van der Waals surface area contributed by atoms with E-state index in [1.807, 2.05) is 0 Å². The Balaban J connectivity index is 1.88. The van der Waals surface area contributed by atoms with Gasteiger partial charge in [-0.2, -0.15) is 0 Å². The molecule has 1 unspecified atom stereocenters. The number of Topliss-reactive ketones (excluding diaryl/α,β-unsaturated/α-hetero) is 1. The molecule has 0 spiro atoms. The summed E-state index contributed by atoms with van der Waals surface area (Å²) in [6.07, 6.45) is 1.86. The average molecular weight is 290 g/mol. The van der Waals surface area contributed by atoms with Crippen LogP contribution in [0.4, 0.5) is 0 Å². The van der Waals surface area contributed by atoms with Crippen LogP contribution in [0.2, 0.25) is 0 Å². The van der Waals surface area contributed by atoms with Crippen LogP contribution in [0.15, 0.2) is 6.07 Å². The third kappa shape index (κ3) is 2.92. The molecule has 0 N–H and O–H groups in total. The van der Waals surface area contributed by atoms with Crippen LogP contribution in [-0.4, -0.2) is 48.1 Å². The van der Waals surface area contributed by atoms with Gasteiger partial charge in [-0.1, -0.05) is 13.8 Å². The van der Waals surface area contributed by atoms with Crippen molar-refractivity contribution in [3.63, 3.8) is 0 Å². The van der Waals surface area contributed by atoms with Gasteiger partial charge in [0, 0.05) is 36.5 Å². The first kappa shape index (κ1) is 14.8. The number of fused-ring (bicyclic) bond motifs is 1. The Kier molecular flexibility index (Phi) is 3.70. The molecule has 1 saturated heterocycles. The van der Waals surface area contributed by atoms with Crippen LogP contribution in [0.1, 0.15) is 42.0 Å². The summed E-state index contributed by atoms with van der Waals surface area (Å²) in [4.78, 5) is 14.7. The van der Waals surface area contributed by atoms with Gasteiger partial charge in [-0.3, -0.25) is 4.79 Å². The van der Waals surface area contributed by atoms with Crippen LogP contribution in [-0.2, 0) is 17.7 Å². The van der Waals surface area contributed by atoms with E-state index in [-0.39, 0.29) is 11.5 Å². The summed E-state index contributed by atoms with van der Waals surface area (Å²) >= 11 is 0. The number of hydrogen-bond donors (Lipinski definition) is 0. The number of ether oxygens (including phenoxy) is 1. The van der Waals surface area contributed by atoms with Gasteiger partial charge in [-0.05, 0) is 31.9 Å². The minimum atomic E-state index is 0.0663. The van der Waals surface area contributed by atoms with Gasteiger partial charge in [0.1, 0.15) is 0 Å². The van der Waals surface area contributed by atoms with E-state index in [2.05, 4.69) is 43.4 Å². The van der Waals surface area contributed by atoms with Crippen molar-refractivity contribution in [1.82, 2.24) is 9.47 Å². The van der Waals surface area contributed by atoms with Crippen molar-refractivity contribution in [1.29, 1.82) is 0 Å². The molecular weight excluding hydrogens is 264 g/mol. The smallest absolute Gasteiger partial charge is 0.165 e. The molecule has 21 heavy (non-hydrogen) atoms. The third-order valence-corrected chi connectivity index (χ3v) is 4.73. The lowest BCUT2D eigenvalue weighted by atomic mass is 9.76. The van der Waals surface area contributed by atoms with E-state index in [1.54, 1.807) is 0 Å². The zero-order valence-corrected chi connectivity index (χ0v) is 13.6. The van der Waals surface area contributed by atoms with Crippen molar-refractivity contribution in [2.45, 2.75) is 46.3 Å². The molecule has 1 aliphatic heterocycles. The molecule has 4 heteroatoms. The van der Waals surface area contributed by atoms with Gasteiger partial charge < -0.3 is 14.2 Å². The van der Waals surface area contributed by atoms with Gasteiger partial charge in [0.15, 0.2) is 5.78 Å². The second-order valence-corrected chi connectivity index (χ2v) is 7.45. The summed E-state index contributed by atoms with van der Waals surface area (Å²) in [6.45, 7) is 10.1. The van der Waals surface area contributed by atoms with Gasteiger partial charge in [0.25, 0.3) is 0 Å². The number of morpholine rings is 1. The Morgan fingerprint density at radius 2 is 2.14 bits per heavy atom. The Labute approximate surface area is 127 Å². The normalized spacial score (nSPS) is 25.9. The lowest BCUT2D eigenvalue weighted by Gasteiger charge is -2.33. The zero-order chi connectivity index (χ0) is 15.2. The lowest BCUT2D eigenvalue weighted by Crippen LogP contribution is -2.42. The van der Waals surface area contributed by atoms with Crippen molar-refractivity contribution < 1.29 is 9.53 Å². The number of likely N-dealkylation sites (N-methyl/N-ethyl adjacent to an activating group) is 1. The molecule has 4 nitrogen and oxygen atoms in total. The van der Waals surface area contributed by atoms with Crippen molar-refractivity contribution in [3.05, 3.63) is 23.0 Å². The average Bonchev–Trinajstić information content (AvgIpc) is 2.66. The Hall–Kier alpha value is -1.13. The van der Waals surface area contributed by atoms with E-state index in [1.165, 1.54) is 11.4 Å². The lowest BCUT2D eigenvalue weighted by molar-refractivity contribution is -0.0281. The highest BCUT2D eigenvalue weighted by Crippen LogP contribution is 2.36. The zero-order valence-electron chi connectivity index (χ0n) is 13.6. The predicted octanol–water partition coefficient (Wildman–Crippen LogP) is 2.28. The fourth-order valence-electron chi connectivity index (χ4n) is 3.64. The number of carbonyl (C=O) groups is 1. The number of aromatic nitrogens is 1. The highest BCUT2D eigenvalue weighted by molar-refractivity contribution is 5.99. The highest BCUT2D eigenvalue weighted by atomic mass is 16.5. The van der Waals surface area contributed by atoms with E-state index in [0.29, 0.717) is 12.2 Å². The van der Waals surface area contributed by atoms with E-state index in [0.717, 1.165) is 38.2 Å². The van der Waals surface area contributed by atoms with Crippen LogP contribution in [0, 0.1) is 12.3 Å². The molecule has 0 amide bonds. The largest absolute Gasteiger partial charge is 0.374 e. The molecule has 0 bridgehead atoms. The minimum absolute atomic E-state index is 0.0663. The molecule has 2 heterocycles. The second kappa shape index (κ2) is 5.25. The molecule has 1 aliphatic carbocycles. The fraction of sp³-hybridized carbons (Fsp3) is 0.706. The maximum absolute atomic E-state index is 12.4. The van der Waals surface area contributed by atoms with Crippen LogP contribution in [0.25, 0.3) is 0 Å². The summed E-state index contributed by atoms with van der Waals surface area (Å²) in [5.41, 5.74) is 3.40. The summed E-state index contributed by atoms with van der Waals surface area (Å²) < 4.78 is 8.22. The number of hydrogen-bond acceptors (Lipinski definition) is 3. The molecule has 1 aromatic rings. The van der Waals surface area contributed by atoms with Crippen LogP contribution in [0.3, 0.4) is 0 Å². The third-order valence-electron chi connectivity index (χ3n) is 4.73. The molecule has 1 atom stereocenters. The molecule has 1 aromatic heterocycles.